The van der Waals surface area contributed by atoms with Gasteiger partial charge in [0.25, 0.3) is 0 Å². The van der Waals surface area contributed by atoms with Crippen molar-refractivity contribution in [3.05, 3.63) is 35.9 Å². The highest BCUT2D eigenvalue weighted by atomic mass is 16.4. The van der Waals surface area contributed by atoms with Crippen LogP contribution in [0.4, 0.5) is 0 Å². The largest absolute Gasteiger partial charge is 0.481 e. The van der Waals surface area contributed by atoms with E-state index in [-0.39, 0.29) is 0 Å². The van der Waals surface area contributed by atoms with Crippen molar-refractivity contribution in [1.29, 1.82) is 0 Å². The fourth-order valence-electron chi connectivity index (χ4n) is 2.15. The first-order valence-electron chi connectivity index (χ1n) is 5.02. The highest BCUT2D eigenvalue weighted by Crippen LogP contribution is 2.42. The van der Waals surface area contributed by atoms with E-state index in [1.165, 1.54) is 5.56 Å². The normalized spacial score (nSPS) is 25.4. The van der Waals surface area contributed by atoms with Gasteiger partial charge in [-0.1, -0.05) is 30.3 Å². The molecule has 0 saturated heterocycles. The van der Waals surface area contributed by atoms with Crippen LogP contribution in [0.3, 0.4) is 0 Å². The highest BCUT2D eigenvalue weighted by molar-refractivity contribution is 5.67. The van der Waals surface area contributed by atoms with Crippen LogP contribution in [-0.2, 0) is 4.79 Å². The summed E-state index contributed by atoms with van der Waals surface area (Å²) in [4.78, 5) is 10.4. The third-order valence-corrected chi connectivity index (χ3v) is 2.97. The summed E-state index contributed by atoms with van der Waals surface area (Å²) in [5.41, 5.74) is 1.36. The summed E-state index contributed by atoms with van der Waals surface area (Å²) >= 11 is 0. The van der Waals surface area contributed by atoms with Crippen molar-refractivity contribution in [1.82, 2.24) is 0 Å². The Kier molecular flexibility index (Phi) is 2.53. The van der Waals surface area contributed by atoms with Gasteiger partial charge in [0.1, 0.15) is 0 Å². The summed E-state index contributed by atoms with van der Waals surface area (Å²) in [6, 6.07) is 10.3. The molecule has 14 heavy (non-hydrogen) atoms. The molecule has 0 aromatic heterocycles. The molecule has 1 aliphatic rings. The summed E-state index contributed by atoms with van der Waals surface area (Å²) in [7, 11) is 0. The Balaban J connectivity index is 1.86. The number of hydrogen-bond acceptors (Lipinski definition) is 1. The molecule has 2 heteroatoms. The number of benzene rings is 1. The number of hydrogen-bond donors (Lipinski definition) is 1. The Bertz CT molecular complexity index is 312. The van der Waals surface area contributed by atoms with E-state index in [1.807, 2.05) is 18.2 Å². The molecule has 0 atom stereocenters. The molecule has 2 rings (SSSR count). The second kappa shape index (κ2) is 3.82. The average molecular weight is 190 g/mol. The molecule has 1 aliphatic carbocycles. The average Bonchev–Trinajstić information content (AvgIpc) is 2.12. The van der Waals surface area contributed by atoms with Gasteiger partial charge >= 0.3 is 5.97 Å². The molecule has 0 radical (unpaired) electrons. The summed E-state index contributed by atoms with van der Waals surface area (Å²) in [5, 5.41) is 8.61. The zero-order valence-corrected chi connectivity index (χ0v) is 8.02. The maximum Gasteiger partial charge on any atom is 0.303 e. The first-order valence-corrected chi connectivity index (χ1v) is 5.02. The maximum atomic E-state index is 10.4. The number of carboxylic acid groups (broad SMARTS) is 1. The van der Waals surface area contributed by atoms with Gasteiger partial charge in [0.2, 0.25) is 0 Å². The van der Waals surface area contributed by atoms with Gasteiger partial charge in [-0.25, -0.2) is 0 Å². The van der Waals surface area contributed by atoms with Crippen molar-refractivity contribution in [2.24, 2.45) is 5.92 Å². The van der Waals surface area contributed by atoms with E-state index in [0.717, 1.165) is 12.8 Å². The topological polar surface area (TPSA) is 37.3 Å². The number of carboxylic acids is 1. The Morgan fingerprint density at radius 2 is 1.93 bits per heavy atom. The van der Waals surface area contributed by atoms with E-state index < -0.39 is 5.97 Å². The fraction of sp³-hybridized carbons (Fsp3) is 0.417. The third-order valence-electron chi connectivity index (χ3n) is 2.97. The molecule has 1 N–H and O–H groups in total. The van der Waals surface area contributed by atoms with E-state index >= 15 is 0 Å². The minimum Gasteiger partial charge on any atom is -0.481 e. The van der Waals surface area contributed by atoms with Crippen LogP contribution in [0.15, 0.2) is 30.3 Å². The van der Waals surface area contributed by atoms with Crippen LogP contribution >= 0.6 is 0 Å². The maximum absolute atomic E-state index is 10.4. The summed E-state index contributed by atoms with van der Waals surface area (Å²) in [6.45, 7) is 0. The molecule has 1 aromatic rings. The molecule has 1 fully saturated rings. The monoisotopic (exact) mass is 190 g/mol. The molecule has 0 bridgehead atoms. The summed E-state index contributed by atoms with van der Waals surface area (Å²) in [5.74, 6) is 0.333. The smallest absolute Gasteiger partial charge is 0.303 e. The molecule has 1 aromatic carbocycles. The molecule has 0 amide bonds. The molecule has 2 nitrogen and oxygen atoms in total. The SMILES string of the molecule is O=C(O)CC1CC(c2ccccc2)C1. The van der Waals surface area contributed by atoms with E-state index in [4.69, 9.17) is 5.11 Å². The van der Waals surface area contributed by atoms with Crippen molar-refractivity contribution < 1.29 is 9.90 Å². The molecule has 74 valence electrons. The highest BCUT2D eigenvalue weighted by Gasteiger charge is 2.31. The van der Waals surface area contributed by atoms with Crippen LogP contribution in [-0.4, -0.2) is 11.1 Å². The van der Waals surface area contributed by atoms with Gasteiger partial charge in [0, 0.05) is 6.42 Å². The van der Waals surface area contributed by atoms with Crippen LogP contribution in [0.25, 0.3) is 0 Å². The zero-order valence-electron chi connectivity index (χ0n) is 8.02. The van der Waals surface area contributed by atoms with E-state index in [1.54, 1.807) is 0 Å². The second-order valence-corrected chi connectivity index (χ2v) is 4.04. The Hall–Kier alpha value is -1.31. The van der Waals surface area contributed by atoms with Gasteiger partial charge in [0.15, 0.2) is 0 Å². The van der Waals surface area contributed by atoms with Crippen molar-refractivity contribution in [3.8, 4) is 0 Å². The minimum atomic E-state index is -0.665. The van der Waals surface area contributed by atoms with Crippen molar-refractivity contribution in [2.75, 3.05) is 0 Å². The molecule has 1 saturated carbocycles. The van der Waals surface area contributed by atoms with Gasteiger partial charge in [-0.15, -0.1) is 0 Å². The Morgan fingerprint density at radius 3 is 2.50 bits per heavy atom. The summed E-state index contributed by atoms with van der Waals surface area (Å²) in [6.07, 6.45) is 2.41. The fourth-order valence-corrected chi connectivity index (χ4v) is 2.15. The van der Waals surface area contributed by atoms with Crippen molar-refractivity contribution in [2.45, 2.75) is 25.2 Å². The molecule has 0 aliphatic heterocycles. The molecule has 0 heterocycles. The first-order chi connectivity index (χ1) is 6.75. The molecule has 0 unspecified atom stereocenters. The molecule has 0 spiro atoms. The predicted octanol–water partition coefficient (Wildman–Crippen LogP) is 2.65. The lowest BCUT2D eigenvalue weighted by Crippen LogP contribution is -2.24. The predicted molar refractivity (Wildman–Crippen MR) is 54.2 cm³/mol. The van der Waals surface area contributed by atoms with E-state index in [0.29, 0.717) is 18.3 Å². The Morgan fingerprint density at radius 1 is 1.29 bits per heavy atom. The molecular weight excluding hydrogens is 176 g/mol. The number of aliphatic carboxylic acids is 1. The van der Waals surface area contributed by atoms with Gasteiger partial charge in [-0.05, 0) is 30.2 Å². The van der Waals surface area contributed by atoms with Gasteiger partial charge in [-0.3, -0.25) is 4.79 Å². The van der Waals surface area contributed by atoms with Crippen LogP contribution in [0.2, 0.25) is 0 Å². The lowest BCUT2D eigenvalue weighted by atomic mass is 9.70. The number of carbonyl (C=O) groups is 1. The van der Waals surface area contributed by atoms with Gasteiger partial charge < -0.3 is 5.11 Å². The molecular formula is C12H14O2. The quantitative estimate of drug-likeness (QED) is 0.795. The van der Waals surface area contributed by atoms with Crippen LogP contribution in [0.1, 0.15) is 30.7 Å². The minimum absolute atomic E-state index is 0.337. The van der Waals surface area contributed by atoms with Crippen LogP contribution < -0.4 is 0 Å². The Labute approximate surface area is 83.6 Å². The number of rotatable bonds is 3. The first kappa shape index (κ1) is 9.25. The van der Waals surface area contributed by atoms with E-state index in [9.17, 15) is 4.79 Å². The van der Waals surface area contributed by atoms with Gasteiger partial charge in [0.05, 0.1) is 0 Å². The lowest BCUT2D eigenvalue weighted by Gasteiger charge is -2.34. The van der Waals surface area contributed by atoms with Crippen molar-refractivity contribution >= 4 is 5.97 Å². The summed E-state index contributed by atoms with van der Waals surface area (Å²) < 4.78 is 0. The standard InChI is InChI=1S/C12H14O2/c13-12(14)8-9-6-11(7-9)10-4-2-1-3-5-10/h1-5,9,11H,6-8H2,(H,13,14). The van der Waals surface area contributed by atoms with E-state index in [2.05, 4.69) is 12.1 Å². The zero-order chi connectivity index (χ0) is 9.97. The second-order valence-electron chi connectivity index (χ2n) is 4.04. The van der Waals surface area contributed by atoms with Crippen LogP contribution in [0, 0.1) is 5.92 Å². The lowest BCUT2D eigenvalue weighted by molar-refractivity contribution is -0.138. The van der Waals surface area contributed by atoms with Crippen LogP contribution in [0.5, 0.6) is 0 Å². The van der Waals surface area contributed by atoms with Gasteiger partial charge in [-0.2, -0.15) is 0 Å². The van der Waals surface area contributed by atoms with Crippen molar-refractivity contribution in [3.63, 3.8) is 0 Å². The third kappa shape index (κ3) is 1.95.